The first kappa shape index (κ1) is 18.5. The Morgan fingerprint density at radius 3 is 2.62 bits per heavy atom. The van der Waals surface area contributed by atoms with E-state index in [4.69, 9.17) is 5.11 Å². The van der Waals surface area contributed by atoms with Crippen molar-refractivity contribution >= 4 is 16.7 Å². The normalized spacial score (nSPS) is 15.6. The van der Waals surface area contributed by atoms with Crippen molar-refractivity contribution in [3.8, 4) is 0 Å². The van der Waals surface area contributed by atoms with E-state index < -0.39 is 0 Å². The average molecular weight is 359 g/mol. The van der Waals surface area contributed by atoms with E-state index in [9.17, 15) is 14.7 Å². The zero-order chi connectivity index (χ0) is 18.5. The highest BCUT2D eigenvalue weighted by molar-refractivity contribution is 5.88. The molecular formula is C19H25N3O4. The molecule has 1 unspecified atom stereocenters. The van der Waals surface area contributed by atoms with Gasteiger partial charge in [0.15, 0.2) is 0 Å². The van der Waals surface area contributed by atoms with Gasteiger partial charge in [-0.3, -0.25) is 9.59 Å². The molecule has 140 valence electrons. The summed E-state index contributed by atoms with van der Waals surface area (Å²) in [4.78, 5) is 24.9. The molecule has 7 heteroatoms. The number of hydrogen-bond acceptors (Lipinski definition) is 5. The molecule has 1 heterocycles. The van der Waals surface area contributed by atoms with E-state index in [0.29, 0.717) is 22.4 Å². The van der Waals surface area contributed by atoms with Gasteiger partial charge >= 0.3 is 0 Å². The lowest BCUT2D eigenvalue weighted by atomic mass is 9.81. The van der Waals surface area contributed by atoms with Crippen LogP contribution >= 0.6 is 0 Å². The van der Waals surface area contributed by atoms with Gasteiger partial charge in [0.05, 0.1) is 43.3 Å². The average Bonchev–Trinajstić information content (AvgIpc) is 2.61. The van der Waals surface area contributed by atoms with E-state index in [2.05, 4.69) is 10.4 Å². The zero-order valence-corrected chi connectivity index (χ0v) is 14.7. The van der Waals surface area contributed by atoms with Crippen molar-refractivity contribution in [3.63, 3.8) is 0 Å². The van der Waals surface area contributed by atoms with E-state index in [1.807, 2.05) is 0 Å². The van der Waals surface area contributed by atoms with Gasteiger partial charge in [-0.05, 0) is 18.4 Å². The second kappa shape index (κ2) is 8.42. The van der Waals surface area contributed by atoms with Crippen LogP contribution in [0.5, 0.6) is 0 Å². The van der Waals surface area contributed by atoms with E-state index in [1.54, 1.807) is 24.3 Å². The van der Waals surface area contributed by atoms with E-state index in [-0.39, 0.29) is 43.7 Å². The van der Waals surface area contributed by atoms with Gasteiger partial charge in [0, 0.05) is 5.39 Å². The number of amides is 1. The van der Waals surface area contributed by atoms with Crippen LogP contribution in [0.1, 0.15) is 31.4 Å². The van der Waals surface area contributed by atoms with Crippen molar-refractivity contribution in [2.45, 2.75) is 44.7 Å². The summed E-state index contributed by atoms with van der Waals surface area (Å²) in [6.45, 7) is -0.204. The summed E-state index contributed by atoms with van der Waals surface area (Å²) in [7, 11) is 0. The Morgan fingerprint density at radius 1 is 1.27 bits per heavy atom. The van der Waals surface area contributed by atoms with Gasteiger partial charge < -0.3 is 15.5 Å². The minimum absolute atomic E-state index is 0.0212. The summed E-state index contributed by atoms with van der Waals surface area (Å²) in [5, 5.41) is 26.9. The number of aliphatic hydroxyl groups excluding tert-OH is 2. The van der Waals surface area contributed by atoms with Gasteiger partial charge in [0.1, 0.15) is 0 Å². The number of aromatic nitrogens is 2. The maximum Gasteiger partial charge on any atom is 0.274 e. The van der Waals surface area contributed by atoms with E-state index >= 15 is 0 Å². The van der Waals surface area contributed by atoms with Gasteiger partial charge in [-0.25, -0.2) is 4.68 Å². The third-order valence-corrected chi connectivity index (χ3v) is 5.01. The zero-order valence-electron chi connectivity index (χ0n) is 14.7. The number of benzene rings is 1. The third kappa shape index (κ3) is 4.11. The maximum absolute atomic E-state index is 12.5. The number of rotatable bonds is 8. The molecule has 7 nitrogen and oxygen atoms in total. The molecule has 1 amide bonds. The first-order valence-corrected chi connectivity index (χ1v) is 9.12. The molecule has 3 rings (SSSR count). The Balaban J connectivity index is 1.79. The number of hydrogen-bond donors (Lipinski definition) is 3. The van der Waals surface area contributed by atoms with Gasteiger partial charge in [-0.15, -0.1) is 0 Å². The molecule has 1 saturated carbocycles. The molecule has 0 aliphatic heterocycles. The van der Waals surface area contributed by atoms with Crippen LogP contribution in [-0.2, 0) is 17.8 Å². The van der Waals surface area contributed by atoms with Crippen LogP contribution in [0.3, 0.4) is 0 Å². The molecule has 1 aromatic heterocycles. The number of carbonyl (C=O) groups is 1. The summed E-state index contributed by atoms with van der Waals surface area (Å²) in [5.41, 5.74) is 0.212. The largest absolute Gasteiger partial charge is 0.394 e. The second-order valence-electron chi connectivity index (χ2n) is 6.90. The quantitative estimate of drug-likeness (QED) is 0.640. The SMILES string of the molecule is O=C(Cc1nn(CCO)c(=O)c2ccccc12)NC(CO)CC1CCC1. The van der Waals surface area contributed by atoms with Gasteiger partial charge in [-0.1, -0.05) is 37.5 Å². The summed E-state index contributed by atoms with van der Waals surface area (Å²) in [6, 6.07) is 6.78. The van der Waals surface area contributed by atoms with Crippen LogP contribution in [0.25, 0.3) is 10.8 Å². The highest BCUT2D eigenvalue weighted by Gasteiger charge is 2.23. The lowest BCUT2D eigenvalue weighted by Gasteiger charge is -2.29. The number of aliphatic hydroxyl groups is 2. The molecule has 0 saturated heterocycles. The molecule has 0 bridgehead atoms. The number of nitrogens with one attached hydrogen (secondary N) is 1. The van der Waals surface area contributed by atoms with Gasteiger partial charge in [0.2, 0.25) is 5.91 Å². The highest BCUT2D eigenvalue weighted by Crippen LogP contribution is 2.30. The van der Waals surface area contributed by atoms with Crippen LogP contribution in [0, 0.1) is 5.92 Å². The van der Waals surface area contributed by atoms with Crippen LogP contribution in [0.2, 0.25) is 0 Å². The van der Waals surface area contributed by atoms with Crippen molar-refractivity contribution in [1.29, 1.82) is 0 Å². The molecule has 1 aliphatic carbocycles. The molecule has 1 aliphatic rings. The number of carbonyl (C=O) groups excluding carboxylic acids is 1. The van der Waals surface area contributed by atoms with Crippen molar-refractivity contribution in [2.75, 3.05) is 13.2 Å². The third-order valence-electron chi connectivity index (χ3n) is 5.01. The van der Waals surface area contributed by atoms with E-state index in [0.717, 1.165) is 19.3 Å². The molecule has 26 heavy (non-hydrogen) atoms. The second-order valence-corrected chi connectivity index (χ2v) is 6.90. The molecule has 1 atom stereocenters. The highest BCUT2D eigenvalue weighted by atomic mass is 16.3. The summed E-state index contributed by atoms with van der Waals surface area (Å²) in [5.74, 6) is 0.355. The van der Waals surface area contributed by atoms with Gasteiger partial charge in [0.25, 0.3) is 5.56 Å². The minimum Gasteiger partial charge on any atom is -0.394 e. The fraction of sp³-hybridized carbons (Fsp3) is 0.526. The Labute approximate surface area is 151 Å². The maximum atomic E-state index is 12.5. The molecule has 0 spiro atoms. The standard InChI is InChI=1S/C19H25N3O4/c23-9-8-22-19(26)16-7-2-1-6-15(16)17(21-22)11-18(25)20-14(12-24)10-13-4-3-5-13/h1-2,6-7,13-14,23-24H,3-5,8-12H2,(H,20,25). The molecule has 1 fully saturated rings. The van der Waals surface area contributed by atoms with E-state index in [1.165, 1.54) is 11.1 Å². The molecule has 0 radical (unpaired) electrons. The minimum atomic E-state index is -0.281. The Morgan fingerprint density at radius 2 is 2.00 bits per heavy atom. The summed E-state index contributed by atoms with van der Waals surface area (Å²) < 4.78 is 1.20. The number of fused-ring (bicyclic) bond motifs is 1. The topological polar surface area (TPSA) is 104 Å². The van der Waals surface area contributed by atoms with Crippen LogP contribution in [0.4, 0.5) is 0 Å². The van der Waals surface area contributed by atoms with Crippen molar-refractivity contribution in [1.82, 2.24) is 15.1 Å². The molecule has 1 aromatic carbocycles. The summed E-state index contributed by atoms with van der Waals surface area (Å²) in [6.07, 6.45) is 4.35. The number of nitrogens with zero attached hydrogens (tertiary/aromatic N) is 2. The van der Waals surface area contributed by atoms with Crippen molar-refractivity contribution in [2.24, 2.45) is 5.92 Å². The first-order chi connectivity index (χ1) is 12.6. The Kier molecular flexibility index (Phi) is 6.00. The monoisotopic (exact) mass is 359 g/mol. The van der Waals surface area contributed by atoms with Gasteiger partial charge in [-0.2, -0.15) is 5.10 Å². The molecule has 2 aromatic rings. The predicted octanol–water partition coefficient (Wildman–Crippen LogP) is 0.599. The van der Waals surface area contributed by atoms with Crippen molar-refractivity contribution < 1.29 is 15.0 Å². The molecular weight excluding hydrogens is 334 g/mol. The Bertz CT molecular complexity index is 829. The Hall–Kier alpha value is -2.25. The fourth-order valence-corrected chi connectivity index (χ4v) is 3.42. The smallest absolute Gasteiger partial charge is 0.274 e. The fourth-order valence-electron chi connectivity index (χ4n) is 3.42. The lowest BCUT2D eigenvalue weighted by Crippen LogP contribution is -2.41. The van der Waals surface area contributed by atoms with Crippen LogP contribution in [0.15, 0.2) is 29.1 Å². The molecule has 3 N–H and O–H groups in total. The predicted molar refractivity (Wildman–Crippen MR) is 97.8 cm³/mol. The summed E-state index contributed by atoms with van der Waals surface area (Å²) >= 11 is 0. The first-order valence-electron chi connectivity index (χ1n) is 9.12. The van der Waals surface area contributed by atoms with Crippen molar-refractivity contribution in [3.05, 3.63) is 40.3 Å². The lowest BCUT2D eigenvalue weighted by molar-refractivity contribution is -0.121. The van der Waals surface area contributed by atoms with Crippen LogP contribution < -0.4 is 10.9 Å². The van der Waals surface area contributed by atoms with Crippen LogP contribution in [-0.4, -0.2) is 45.2 Å².